The third-order valence-corrected chi connectivity index (χ3v) is 6.08. The molecule has 4 fully saturated rings. The number of benzene rings is 1. The van der Waals surface area contributed by atoms with Crippen molar-refractivity contribution in [1.82, 2.24) is 5.32 Å². The molecule has 0 aromatic heterocycles. The molecular weight excluding hydrogens is 395 g/mol. The van der Waals surface area contributed by atoms with Gasteiger partial charge in [0.05, 0.1) is 12.6 Å². The van der Waals surface area contributed by atoms with Gasteiger partial charge in [0.2, 0.25) is 0 Å². The first-order chi connectivity index (χ1) is 14.3. The Kier molecular flexibility index (Phi) is 4.98. The molecular formula is C21H27FN2O6. The molecule has 2 N–H and O–H groups in total. The van der Waals surface area contributed by atoms with Gasteiger partial charge in [0.1, 0.15) is 24.1 Å². The van der Waals surface area contributed by atoms with Crippen molar-refractivity contribution >= 4 is 11.7 Å². The summed E-state index contributed by atoms with van der Waals surface area (Å²) in [5.74, 6) is -1.79. The fourth-order valence-corrected chi connectivity index (χ4v) is 4.82. The SMILES string of the molecule is CC1(C)O[C@H]2O[C@H]([C@H]3COC4(CCCC4)O3)[C@@H](NC(=O)Nc3cccc(F)c3)[C@H]2O1. The Morgan fingerprint density at radius 3 is 2.70 bits per heavy atom. The molecule has 30 heavy (non-hydrogen) atoms. The standard InChI is InChI=1S/C21H27FN2O6/c1-20(2)29-17-15(24-19(25)23-13-7-5-6-12(22)10-13)16(27-18(17)30-20)14-11-26-21(28-14)8-3-4-9-21/h5-7,10,14-18H,3-4,8-9,11H2,1-2H3,(H2,23,24,25)/t14-,15-,16-,17-,18-/m1/s1. The first kappa shape index (κ1) is 20.1. The van der Waals surface area contributed by atoms with Gasteiger partial charge in [-0.05, 0) is 44.9 Å². The Morgan fingerprint density at radius 1 is 1.13 bits per heavy atom. The predicted octanol–water partition coefficient (Wildman–Crippen LogP) is 2.88. The van der Waals surface area contributed by atoms with E-state index in [1.807, 2.05) is 0 Å². The van der Waals surface area contributed by atoms with E-state index in [2.05, 4.69) is 10.6 Å². The third-order valence-electron chi connectivity index (χ3n) is 6.08. The molecule has 3 aliphatic heterocycles. The molecule has 0 bridgehead atoms. The van der Waals surface area contributed by atoms with Crippen molar-refractivity contribution < 1.29 is 32.9 Å². The lowest BCUT2D eigenvalue weighted by atomic mass is 10.0. The normalized spacial score (nSPS) is 36.2. The fourth-order valence-electron chi connectivity index (χ4n) is 4.82. The first-order valence-corrected chi connectivity index (χ1v) is 10.5. The van der Waals surface area contributed by atoms with Crippen LogP contribution in [0.1, 0.15) is 39.5 Å². The van der Waals surface area contributed by atoms with Gasteiger partial charge in [0.25, 0.3) is 0 Å². The molecule has 164 valence electrons. The van der Waals surface area contributed by atoms with Gasteiger partial charge in [-0.3, -0.25) is 0 Å². The zero-order chi connectivity index (χ0) is 20.9. The quantitative estimate of drug-likeness (QED) is 0.779. The van der Waals surface area contributed by atoms with Gasteiger partial charge >= 0.3 is 6.03 Å². The van der Waals surface area contributed by atoms with Gasteiger partial charge in [-0.2, -0.15) is 0 Å². The Bertz CT molecular complexity index is 814. The molecule has 5 atom stereocenters. The molecule has 5 rings (SSSR count). The topological polar surface area (TPSA) is 87.3 Å². The highest BCUT2D eigenvalue weighted by Gasteiger charge is 2.59. The van der Waals surface area contributed by atoms with Gasteiger partial charge in [0, 0.05) is 18.5 Å². The molecule has 1 aromatic rings. The maximum absolute atomic E-state index is 13.4. The molecule has 3 heterocycles. The summed E-state index contributed by atoms with van der Waals surface area (Å²) in [7, 11) is 0. The molecule has 0 unspecified atom stereocenters. The van der Waals surface area contributed by atoms with Crippen molar-refractivity contribution in [1.29, 1.82) is 0 Å². The number of hydrogen-bond donors (Lipinski definition) is 2. The van der Waals surface area contributed by atoms with E-state index in [9.17, 15) is 9.18 Å². The lowest BCUT2D eigenvalue weighted by molar-refractivity contribution is -0.226. The summed E-state index contributed by atoms with van der Waals surface area (Å²) in [6.07, 6.45) is 1.92. The molecule has 0 radical (unpaired) electrons. The first-order valence-electron chi connectivity index (χ1n) is 10.5. The van der Waals surface area contributed by atoms with Crippen LogP contribution in [0.2, 0.25) is 0 Å². The van der Waals surface area contributed by atoms with Crippen LogP contribution in [0, 0.1) is 5.82 Å². The van der Waals surface area contributed by atoms with Crippen molar-refractivity contribution in [2.24, 2.45) is 0 Å². The number of fused-ring (bicyclic) bond motifs is 1. The third kappa shape index (κ3) is 3.80. The molecule has 1 aliphatic carbocycles. The van der Waals surface area contributed by atoms with Crippen LogP contribution in [0.4, 0.5) is 14.9 Å². The molecule has 9 heteroatoms. The molecule has 4 aliphatic rings. The zero-order valence-electron chi connectivity index (χ0n) is 17.1. The Labute approximate surface area is 174 Å². The van der Waals surface area contributed by atoms with Crippen LogP contribution >= 0.6 is 0 Å². The van der Waals surface area contributed by atoms with Crippen LogP contribution in [0.5, 0.6) is 0 Å². The van der Waals surface area contributed by atoms with E-state index in [1.165, 1.54) is 18.2 Å². The van der Waals surface area contributed by atoms with Crippen molar-refractivity contribution in [2.75, 3.05) is 11.9 Å². The average Bonchev–Trinajstić information content (AvgIpc) is 3.42. The average molecular weight is 422 g/mol. The van der Waals surface area contributed by atoms with E-state index in [0.717, 1.165) is 25.7 Å². The predicted molar refractivity (Wildman–Crippen MR) is 103 cm³/mol. The second-order valence-electron chi connectivity index (χ2n) is 8.79. The van der Waals surface area contributed by atoms with Crippen molar-refractivity contribution in [3.63, 3.8) is 0 Å². The molecule has 8 nitrogen and oxygen atoms in total. The number of nitrogens with one attached hydrogen (secondary N) is 2. The van der Waals surface area contributed by atoms with Crippen LogP contribution in [-0.4, -0.2) is 54.9 Å². The number of anilines is 1. The zero-order valence-corrected chi connectivity index (χ0v) is 17.1. The number of halogens is 1. The highest BCUT2D eigenvalue weighted by atomic mass is 19.1. The van der Waals surface area contributed by atoms with E-state index in [1.54, 1.807) is 19.9 Å². The second kappa shape index (κ2) is 7.42. The summed E-state index contributed by atoms with van der Waals surface area (Å²) in [5.41, 5.74) is 0.355. The number of amides is 2. The highest BCUT2D eigenvalue weighted by Crippen LogP contribution is 2.44. The Morgan fingerprint density at radius 2 is 1.93 bits per heavy atom. The highest BCUT2D eigenvalue weighted by molar-refractivity contribution is 5.89. The van der Waals surface area contributed by atoms with E-state index in [4.69, 9.17) is 23.7 Å². The fraction of sp³-hybridized carbons (Fsp3) is 0.667. The van der Waals surface area contributed by atoms with Crippen LogP contribution in [0.15, 0.2) is 24.3 Å². The minimum atomic E-state index is -0.820. The molecule has 2 amide bonds. The lowest BCUT2D eigenvalue weighted by Gasteiger charge is -2.30. The number of rotatable bonds is 3. The maximum atomic E-state index is 13.4. The lowest BCUT2D eigenvalue weighted by Crippen LogP contribution is -2.53. The summed E-state index contributed by atoms with van der Waals surface area (Å²) in [6, 6.07) is 4.71. The van der Waals surface area contributed by atoms with E-state index >= 15 is 0 Å². The largest absolute Gasteiger partial charge is 0.347 e. The number of urea groups is 1. The van der Waals surface area contributed by atoms with Gasteiger partial charge in [0.15, 0.2) is 17.9 Å². The summed E-state index contributed by atoms with van der Waals surface area (Å²) < 4.78 is 43.7. The molecule has 3 saturated heterocycles. The Hall–Kier alpha value is -1.78. The maximum Gasteiger partial charge on any atom is 0.319 e. The monoisotopic (exact) mass is 422 g/mol. The second-order valence-corrected chi connectivity index (χ2v) is 8.79. The summed E-state index contributed by atoms with van der Waals surface area (Å²) in [5, 5.41) is 5.58. The number of ether oxygens (including phenoxy) is 5. The van der Waals surface area contributed by atoms with Crippen LogP contribution in [0.3, 0.4) is 0 Å². The van der Waals surface area contributed by atoms with Crippen molar-refractivity contribution in [3.8, 4) is 0 Å². The van der Waals surface area contributed by atoms with Crippen LogP contribution in [-0.2, 0) is 23.7 Å². The Balaban J connectivity index is 1.31. The summed E-state index contributed by atoms with van der Waals surface area (Å²) in [6.45, 7) is 3.99. The van der Waals surface area contributed by atoms with E-state index in [-0.39, 0.29) is 6.10 Å². The van der Waals surface area contributed by atoms with Gasteiger partial charge in [-0.1, -0.05) is 6.07 Å². The smallest absolute Gasteiger partial charge is 0.319 e. The van der Waals surface area contributed by atoms with Crippen LogP contribution < -0.4 is 10.6 Å². The molecule has 1 saturated carbocycles. The number of hydrogen-bond acceptors (Lipinski definition) is 6. The van der Waals surface area contributed by atoms with Crippen LogP contribution in [0.25, 0.3) is 0 Å². The van der Waals surface area contributed by atoms with Gasteiger partial charge in [-0.15, -0.1) is 0 Å². The number of carbonyl (C=O) groups is 1. The summed E-state index contributed by atoms with van der Waals surface area (Å²) >= 11 is 0. The van der Waals surface area contributed by atoms with Gasteiger partial charge in [-0.25, -0.2) is 9.18 Å². The number of carbonyl (C=O) groups excluding carboxylic acids is 1. The van der Waals surface area contributed by atoms with E-state index in [0.29, 0.717) is 12.3 Å². The summed E-state index contributed by atoms with van der Waals surface area (Å²) in [4.78, 5) is 12.7. The molecule has 1 aromatic carbocycles. The minimum Gasteiger partial charge on any atom is -0.347 e. The van der Waals surface area contributed by atoms with Crippen molar-refractivity contribution in [2.45, 2.75) is 81.7 Å². The van der Waals surface area contributed by atoms with E-state index < -0.39 is 48.0 Å². The minimum absolute atomic E-state index is 0.344. The van der Waals surface area contributed by atoms with Crippen molar-refractivity contribution in [3.05, 3.63) is 30.1 Å². The van der Waals surface area contributed by atoms with Gasteiger partial charge < -0.3 is 34.3 Å². The molecule has 1 spiro atoms.